The standard InChI is InChI=1S/C12H13BrClNO3/c1-12(2,11(17)18)15(3)10(16)7-4-8(13)6-9(14)5-7/h4-6H,1-3H3,(H,17,18). The molecule has 98 valence electrons. The van der Waals surface area contributed by atoms with Crippen LogP contribution in [0.2, 0.25) is 5.02 Å². The van der Waals surface area contributed by atoms with E-state index >= 15 is 0 Å². The van der Waals surface area contributed by atoms with Gasteiger partial charge < -0.3 is 10.0 Å². The number of rotatable bonds is 3. The van der Waals surface area contributed by atoms with Gasteiger partial charge in [-0.3, -0.25) is 4.79 Å². The second-order valence-corrected chi connectivity index (χ2v) is 5.74. The van der Waals surface area contributed by atoms with Gasteiger partial charge in [0.1, 0.15) is 5.54 Å². The molecule has 0 fully saturated rings. The van der Waals surface area contributed by atoms with Crippen molar-refractivity contribution < 1.29 is 14.7 Å². The molecule has 0 aromatic heterocycles. The van der Waals surface area contributed by atoms with Crippen LogP contribution < -0.4 is 0 Å². The average Bonchev–Trinajstić information content (AvgIpc) is 2.25. The first-order chi connectivity index (χ1) is 8.16. The minimum absolute atomic E-state index is 0.339. The number of hydrogen-bond donors (Lipinski definition) is 1. The van der Waals surface area contributed by atoms with Gasteiger partial charge in [-0.25, -0.2) is 4.79 Å². The van der Waals surface area contributed by atoms with Gasteiger partial charge in [0.05, 0.1) is 0 Å². The molecule has 0 saturated carbocycles. The molecular formula is C12H13BrClNO3. The number of halogens is 2. The molecule has 0 atom stereocenters. The van der Waals surface area contributed by atoms with Crippen molar-refractivity contribution in [2.75, 3.05) is 7.05 Å². The molecule has 18 heavy (non-hydrogen) atoms. The smallest absolute Gasteiger partial charge is 0.329 e. The molecule has 0 aliphatic heterocycles. The van der Waals surface area contributed by atoms with Gasteiger partial charge in [0.2, 0.25) is 0 Å². The minimum Gasteiger partial charge on any atom is -0.480 e. The van der Waals surface area contributed by atoms with Crippen molar-refractivity contribution in [3.05, 3.63) is 33.3 Å². The Balaban J connectivity index is 3.11. The molecule has 0 saturated heterocycles. The van der Waals surface area contributed by atoms with Crippen LogP contribution in [-0.4, -0.2) is 34.5 Å². The zero-order chi connectivity index (χ0) is 14.1. The van der Waals surface area contributed by atoms with E-state index in [2.05, 4.69) is 15.9 Å². The summed E-state index contributed by atoms with van der Waals surface area (Å²) in [5, 5.41) is 9.50. The van der Waals surface area contributed by atoms with Gasteiger partial charge in [-0.05, 0) is 32.0 Å². The average molecular weight is 335 g/mol. The second kappa shape index (κ2) is 5.28. The van der Waals surface area contributed by atoms with E-state index in [9.17, 15) is 9.59 Å². The van der Waals surface area contributed by atoms with E-state index in [1.54, 1.807) is 12.1 Å². The Morgan fingerprint density at radius 2 is 1.89 bits per heavy atom. The summed E-state index contributed by atoms with van der Waals surface area (Å²) in [6, 6.07) is 4.76. The Morgan fingerprint density at radius 3 is 2.33 bits per heavy atom. The van der Waals surface area contributed by atoms with Crippen molar-refractivity contribution in [1.82, 2.24) is 4.90 Å². The van der Waals surface area contributed by atoms with Crippen molar-refractivity contribution in [2.45, 2.75) is 19.4 Å². The summed E-state index contributed by atoms with van der Waals surface area (Å²) in [5.41, 5.74) is -0.947. The van der Waals surface area contributed by atoms with Crippen LogP contribution in [0.1, 0.15) is 24.2 Å². The summed E-state index contributed by atoms with van der Waals surface area (Å²) in [4.78, 5) is 24.5. The molecule has 1 amide bonds. The predicted octanol–water partition coefficient (Wildman–Crippen LogP) is 3.04. The lowest BCUT2D eigenvalue weighted by atomic mass is 10.0. The maximum Gasteiger partial charge on any atom is 0.329 e. The molecule has 0 spiro atoms. The van der Waals surface area contributed by atoms with E-state index in [0.717, 1.165) is 0 Å². The number of benzene rings is 1. The molecule has 4 nitrogen and oxygen atoms in total. The normalized spacial score (nSPS) is 11.2. The summed E-state index contributed by atoms with van der Waals surface area (Å²) < 4.78 is 0.667. The second-order valence-electron chi connectivity index (χ2n) is 4.39. The van der Waals surface area contributed by atoms with E-state index < -0.39 is 17.4 Å². The molecular weight excluding hydrogens is 321 g/mol. The highest BCUT2D eigenvalue weighted by atomic mass is 79.9. The van der Waals surface area contributed by atoms with Crippen molar-refractivity contribution >= 4 is 39.4 Å². The number of hydrogen-bond acceptors (Lipinski definition) is 2. The van der Waals surface area contributed by atoms with Gasteiger partial charge in [0, 0.05) is 22.1 Å². The first kappa shape index (κ1) is 15.0. The van der Waals surface area contributed by atoms with Crippen LogP contribution in [0.3, 0.4) is 0 Å². The topological polar surface area (TPSA) is 57.6 Å². The van der Waals surface area contributed by atoms with E-state index in [4.69, 9.17) is 16.7 Å². The van der Waals surface area contributed by atoms with Crippen LogP contribution in [0.25, 0.3) is 0 Å². The molecule has 1 N–H and O–H groups in total. The Labute approximate surface area is 119 Å². The Hall–Kier alpha value is -1.07. The largest absolute Gasteiger partial charge is 0.480 e. The van der Waals surface area contributed by atoms with Crippen LogP contribution in [0.4, 0.5) is 0 Å². The lowest BCUT2D eigenvalue weighted by Gasteiger charge is -2.31. The molecule has 6 heteroatoms. The summed E-state index contributed by atoms with van der Waals surface area (Å²) in [5.74, 6) is -1.47. The zero-order valence-electron chi connectivity index (χ0n) is 10.2. The van der Waals surface area contributed by atoms with Gasteiger partial charge in [-0.2, -0.15) is 0 Å². The van der Waals surface area contributed by atoms with Crippen LogP contribution in [0, 0.1) is 0 Å². The van der Waals surface area contributed by atoms with Gasteiger partial charge in [0.15, 0.2) is 0 Å². The maximum absolute atomic E-state index is 12.2. The first-order valence-electron chi connectivity index (χ1n) is 5.14. The summed E-state index contributed by atoms with van der Waals surface area (Å²) in [6.45, 7) is 2.93. The molecule has 0 aliphatic carbocycles. The molecule has 0 unspecified atom stereocenters. The molecule has 0 aliphatic rings. The highest BCUT2D eigenvalue weighted by Gasteiger charge is 2.35. The van der Waals surface area contributed by atoms with Crippen LogP contribution in [-0.2, 0) is 4.79 Å². The number of likely N-dealkylation sites (N-methyl/N-ethyl adjacent to an activating group) is 1. The van der Waals surface area contributed by atoms with Crippen LogP contribution in [0.15, 0.2) is 22.7 Å². The highest BCUT2D eigenvalue weighted by Crippen LogP contribution is 2.22. The van der Waals surface area contributed by atoms with Crippen LogP contribution >= 0.6 is 27.5 Å². The maximum atomic E-state index is 12.2. The lowest BCUT2D eigenvalue weighted by Crippen LogP contribution is -2.50. The number of carbonyl (C=O) groups excluding carboxylic acids is 1. The van der Waals surface area contributed by atoms with Gasteiger partial charge in [0.25, 0.3) is 5.91 Å². The summed E-state index contributed by atoms with van der Waals surface area (Å²) in [7, 11) is 1.45. The Kier molecular flexibility index (Phi) is 4.40. The molecule has 0 heterocycles. The predicted molar refractivity (Wildman–Crippen MR) is 73.0 cm³/mol. The van der Waals surface area contributed by atoms with Gasteiger partial charge >= 0.3 is 5.97 Å². The zero-order valence-corrected chi connectivity index (χ0v) is 12.5. The SMILES string of the molecule is CN(C(=O)c1cc(Cl)cc(Br)c1)C(C)(C)C(=O)O. The van der Waals surface area contributed by atoms with Gasteiger partial charge in [-0.15, -0.1) is 0 Å². The third-order valence-corrected chi connectivity index (χ3v) is 3.45. The minimum atomic E-state index is -1.29. The third-order valence-electron chi connectivity index (χ3n) is 2.78. The fourth-order valence-electron chi connectivity index (χ4n) is 1.27. The lowest BCUT2D eigenvalue weighted by molar-refractivity contribution is -0.147. The van der Waals surface area contributed by atoms with Crippen molar-refractivity contribution in [3.63, 3.8) is 0 Å². The summed E-state index contributed by atoms with van der Waals surface area (Å²) in [6.07, 6.45) is 0. The van der Waals surface area contributed by atoms with Crippen molar-refractivity contribution in [1.29, 1.82) is 0 Å². The number of nitrogens with zero attached hydrogens (tertiary/aromatic N) is 1. The third kappa shape index (κ3) is 3.03. The number of carboxylic acid groups (broad SMARTS) is 1. The van der Waals surface area contributed by atoms with E-state index in [0.29, 0.717) is 15.1 Å². The van der Waals surface area contributed by atoms with E-state index in [1.807, 2.05) is 0 Å². The fraction of sp³-hybridized carbons (Fsp3) is 0.333. The number of carbonyl (C=O) groups is 2. The number of carboxylic acids is 1. The Bertz CT molecular complexity index is 482. The van der Waals surface area contributed by atoms with E-state index in [-0.39, 0.29) is 0 Å². The molecule has 1 aromatic carbocycles. The molecule has 0 bridgehead atoms. The molecule has 1 rings (SSSR count). The molecule has 0 radical (unpaired) electrons. The van der Waals surface area contributed by atoms with Gasteiger partial charge in [-0.1, -0.05) is 27.5 Å². The monoisotopic (exact) mass is 333 g/mol. The fourth-order valence-corrected chi connectivity index (χ4v) is 2.13. The Morgan fingerprint density at radius 1 is 1.33 bits per heavy atom. The molecule has 1 aromatic rings. The summed E-state index contributed by atoms with van der Waals surface area (Å²) >= 11 is 9.10. The van der Waals surface area contributed by atoms with Crippen LogP contribution in [0.5, 0.6) is 0 Å². The van der Waals surface area contributed by atoms with Crippen molar-refractivity contribution in [2.24, 2.45) is 0 Å². The number of aliphatic carboxylic acids is 1. The van der Waals surface area contributed by atoms with E-state index in [1.165, 1.54) is 31.9 Å². The first-order valence-corrected chi connectivity index (χ1v) is 6.31. The quantitative estimate of drug-likeness (QED) is 0.924. The number of amides is 1. The highest BCUT2D eigenvalue weighted by molar-refractivity contribution is 9.10. The van der Waals surface area contributed by atoms with Crippen molar-refractivity contribution in [3.8, 4) is 0 Å².